The highest BCUT2D eigenvalue weighted by Crippen LogP contribution is 2.15. The predicted octanol–water partition coefficient (Wildman–Crippen LogP) is 1.85. The normalized spacial score (nSPS) is 12.2. The van der Waals surface area contributed by atoms with Gasteiger partial charge in [-0.15, -0.1) is 10.2 Å². The third kappa shape index (κ3) is 2.50. The van der Waals surface area contributed by atoms with E-state index in [2.05, 4.69) is 41.1 Å². The summed E-state index contributed by atoms with van der Waals surface area (Å²) in [4.78, 5) is 15.3. The molecule has 22 heavy (non-hydrogen) atoms. The number of anilines is 1. The smallest absolute Gasteiger partial charge is 0.275 e. The van der Waals surface area contributed by atoms with Gasteiger partial charge in [0.05, 0.1) is 4.53 Å². The lowest BCUT2D eigenvalue weighted by atomic mass is 10.2. The highest BCUT2D eigenvalue weighted by molar-refractivity contribution is 7.15. The molecule has 0 unspecified atom stereocenters. The van der Waals surface area contributed by atoms with Crippen molar-refractivity contribution in [1.29, 1.82) is 0 Å². The van der Waals surface area contributed by atoms with Crippen LogP contribution in [-0.4, -0.2) is 27.7 Å². The second kappa shape index (κ2) is 5.88. The SMILES string of the molecule is CCN(CC)c1ccc(/C=c2\sc3nnc(C)n3c2=O)cc1. The molecule has 0 aliphatic heterocycles. The van der Waals surface area contributed by atoms with Crippen molar-refractivity contribution >= 4 is 28.1 Å². The number of aryl methyl sites for hydroxylation is 1. The molecule has 0 radical (unpaired) electrons. The minimum atomic E-state index is -0.0460. The van der Waals surface area contributed by atoms with Crippen LogP contribution >= 0.6 is 11.3 Å². The van der Waals surface area contributed by atoms with E-state index < -0.39 is 0 Å². The van der Waals surface area contributed by atoms with Gasteiger partial charge in [0.2, 0.25) is 4.96 Å². The van der Waals surface area contributed by atoms with E-state index in [9.17, 15) is 4.79 Å². The zero-order valence-corrected chi connectivity index (χ0v) is 13.7. The molecule has 5 nitrogen and oxygen atoms in total. The summed E-state index contributed by atoms with van der Waals surface area (Å²) in [6.45, 7) is 8.05. The molecule has 0 atom stereocenters. The summed E-state index contributed by atoms with van der Waals surface area (Å²) in [7, 11) is 0. The van der Waals surface area contributed by atoms with E-state index in [1.807, 2.05) is 18.2 Å². The Balaban J connectivity index is 2.00. The fraction of sp³-hybridized carbons (Fsp3) is 0.312. The molecule has 6 heteroatoms. The standard InChI is InChI=1S/C16H18N4OS/c1-4-19(5-2)13-8-6-12(7-9-13)10-14-15(21)20-11(3)17-18-16(20)22-14/h6-10H,4-5H2,1-3H3/b14-10-. The Morgan fingerprint density at radius 2 is 1.86 bits per heavy atom. The van der Waals surface area contributed by atoms with E-state index in [0.29, 0.717) is 15.3 Å². The second-order valence-electron chi connectivity index (χ2n) is 5.04. The van der Waals surface area contributed by atoms with Crippen molar-refractivity contribution in [3.05, 3.63) is 50.5 Å². The fourth-order valence-electron chi connectivity index (χ4n) is 2.51. The summed E-state index contributed by atoms with van der Waals surface area (Å²) in [5.74, 6) is 0.632. The zero-order chi connectivity index (χ0) is 15.7. The number of benzene rings is 1. The Morgan fingerprint density at radius 3 is 2.45 bits per heavy atom. The van der Waals surface area contributed by atoms with Crippen LogP contribution in [0.1, 0.15) is 25.2 Å². The summed E-state index contributed by atoms with van der Waals surface area (Å²) < 4.78 is 2.24. The van der Waals surface area contributed by atoms with E-state index in [4.69, 9.17) is 0 Å². The van der Waals surface area contributed by atoms with Gasteiger partial charge in [0, 0.05) is 18.8 Å². The predicted molar refractivity (Wildman–Crippen MR) is 90.7 cm³/mol. The first-order valence-corrected chi connectivity index (χ1v) is 8.17. The molecule has 0 fully saturated rings. The van der Waals surface area contributed by atoms with Crippen LogP contribution in [0.25, 0.3) is 11.0 Å². The van der Waals surface area contributed by atoms with Crippen molar-refractivity contribution in [2.45, 2.75) is 20.8 Å². The summed E-state index contributed by atoms with van der Waals surface area (Å²) in [6.07, 6.45) is 1.91. The molecular weight excluding hydrogens is 296 g/mol. The van der Waals surface area contributed by atoms with Crippen molar-refractivity contribution < 1.29 is 0 Å². The maximum atomic E-state index is 12.3. The van der Waals surface area contributed by atoms with Gasteiger partial charge in [-0.1, -0.05) is 23.5 Å². The Labute approximate surface area is 132 Å². The summed E-state index contributed by atoms with van der Waals surface area (Å²) in [5, 5.41) is 7.92. The quantitative estimate of drug-likeness (QED) is 0.737. The molecule has 3 rings (SSSR count). The van der Waals surface area contributed by atoms with Gasteiger partial charge in [-0.05, 0) is 44.5 Å². The van der Waals surface area contributed by atoms with Crippen LogP contribution in [0.4, 0.5) is 5.69 Å². The van der Waals surface area contributed by atoms with Gasteiger partial charge in [-0.3, -0.25) is 4.79 Å². The third-order valence-corrected chi connectivity index (χ3v) is 4.69. The summed E-state index contributed by atoms with van der Waals surface area (Å²) in [5.41, 5.74) is 2.17. The number of hydrogen-bond donors (Lipinski definition) is 0. The Morgan fingerprint density at radius 1 is 1.18 bits per heavy atom. The Bertz CT molecular complexity index is 891. The molecule has 0 amide bonds. The van der Waals surface area contributed by atoms with Gasteiger partial charge < -0.3 is 4.90 Å². The largest absolute Gasteiger partial charge is 0.372 e. The van der Waals surface area contributed by atoms with Crippen LogP contribution in [0, 0.1) is 6.92 Å². The first-order chi connectivity index (χ1) is 10.6. The first-order valence-electron chi connectivity index (χ1n) is 7.35. The zero-order valence-electron chi connectivity index (χ0n) is 12.9. The van der Waals surface area contributed by atoms with Crippen LogP contribution in [0.2, 0.25) is 0 Å². The summed E-state index contributed by atoms with van der Waals surface area (Å²) >= 11 is 1.37. The van der Waals surface area contributed by atoms with E-state index in [1.54, 1.807) is 11.3 Å². The van der Waals surface area contributed by atoms with Gasteiger partial charge in [-0.25, -0.2) is 4.40 Å². The number of thiazole rings is 1. The van der Waals surface area contributed by atoms with Crippen LogP contribution < -0.4 is 15.0 Å². The number of rotatable bonds is 4. The molecule has 0 saturated heterocycles. The molecule has 0 N–H and O–H groups in total. The average molecular weight is 314 g/mol. The van der Waals surface area contributed by atoms with E-state index in [1.165, 1.54) is 17.0 Å². The van der Waals surface area contributed by atoms with Crippen LogP contribution in [-0.2, 0) is 0 Å². The number of aromatic nitrogens is 3. The maximum absolute atomic E-state index is 12.3. The van der Waals surface area contributed by atoms with Crippen LogP contribution in [0.3, 0.4) is 0 Å². The number of hydrogen-bond acceptors (Lipinski definition) is 5. The summed E-state index contributed by atoms with van der Waals surface area (Å²) in [6, 6.07) is 8.27. The maximum Gasteiger partial charge on any atom is 0.275 e. The monoisotopic (exact) mass is 314 g/mol. The molecule has 0 aliphatic carbocycles. The lowest BCUT2D eigenvalue weighted by molar-refractivity contribution is 0.866. The number of fused-ring (bicyclic) bond motifs is 1. The number of nitrogens with zero attached hydrogens (tertiary/aromatic N) is 4. The topological polar surface area (TPSA) is 50.5 Å². The van der Waals surface area contributed by atoms with Gasteiger partial charge in [-0.2, -0.15) is 0 Å². The molecule has 1 aromatic carbocycles. The lowest BCUT2D eigenvalue weighted by Crippen LogP contribution is -2.23. The highest BCUT2D eigenvalue weighted by atomic mass is 32.1. The Kier molecular flexibility index (Phi) is 3.94. The molecule has 2 aromatic heterocycles. The molecule has 0 aliphatic rings. The fourth-order valence-corrected chi connectivity index (χ4v) is 3.47. The molecule has 0 spiro atoms. The molecule has 114 valence electrons. The Hall–Kier alpha value is -2.21. The minimum Gasteiger partial charge on any atom is -0.372 e. The minimum absolute atomic E-state index is 0.0460. The van der Waals surface area contributed by atoms with Crippen molar-refractivity contribution in [2.75, 3.05) is 18.0 Å². The van der Waals surface area contributed by atoms with Crippen LogP contribution in [0.5, 0.6) is 0 Å². The van der Waals surface area contributed by atoms with E-state index in [-0.39, 0.29) is 5.56 Å². The van der Waals surface area contributed by atoms with E-state index >= 15 is 0 Å². The molecule has 0 saturated carbocycles. The van der Waals surface area contributed by atoms with Crippen LogP contribution in [0.15, 0.2) is 29.1 Å². The van der Waals surface area contributed by atoms with Crippen molar-refractivity contribution in [3.8, 4) is 0 Å². The highest BCUT2D eigenvalue weighted by Gasteiger charge is 2.08. The van der Waals surface area contributed by atoms with Gasteiger partial charge in [0.25, 0.3) is 5.56 Å². The van der Waals surface area contributed by atoms with Gasteiger partial charge in [0.15, 0.2) is 0 Å². The van der Waals surface area contributed by atoms with Gasteiger partial charge >= 0.3 is 0 Å². The molecule has 3 aromatic rings. The first kappa shape index (κ1) is 14.7. The van der Waals surface area contributed by atoms with E-state index in [0.717, 1.165) is 18.7 Å². The lowest BCUT2D eigenvalue weighted by Gasteiger charge is -2.20. The molecular formula is C16H18N4OS. The molecule has 0 bridgehead atoms. The third-order valence-electron chi connectivity index (χ3n) is 3.73. The van der Waals surface area contributed by atoms with Gasteiger partial charge in [0.1, 0.15) is 5.82 Å². The van der Waals surface area contributed by atoms with Crippen molar-refractivity contribution in [1.82, 2.24) is 14.6 Å². The average Bonchev–Trinajstić information content (AvgIpc) is 3.04. The second-order valence-corrected chi connectivity index (χ2v) is 6.05. The van der Waals surface area contributed by atoms with Crippen molar-refractivity contribution in [2.24, 2.45) is 0 Å². The van der Waals surface area contributed by atoms with Crippen molar-refractivity contribution in [3.63, 3.8) is 0 Å². The molecule has 2 heterocycles.